The van der Waals surface area contributed by atoms with E-state index in [1.54, 1.807) is 6.26 Å². The molecule has 0 fully saturated rings. The van der Waals surface area contributed by atoms with Gasteiger partial charge in [-0.15, -0.1) is 0 Å². The number of hydrogen-bond donors (Lipinski definition) is 0. The first-order valence-corrected chi connectivity index (χ1v) is 2.94. The minimum Gasteiger partial charge on any atom is -0.470 e. The van der Waals surface area contributed by atoms with Gasteiger partial charge in [-0.3, -0.25) is 0 Å². The molecule has 0 spiro atoms. The highest BCUT2D eigenvalue weighted by Crippen LogP contribution is 2.09. The molecule has 1 aliphatic rings. The van der Waals surface area contributed by atoms with Crippen LogP contribution in [0.15, 0.2) is 24.2 Å². The fourth-order valence-corrected chi connectivity index (χ4v) is 0.666. The monoisotopic (exact) mass is 110 g/mol. The van der Waals surface area contributed by atoms with Crippen molar-refractivity contribution in [1.82, 2.24) is 0 Å². The first kappa shape index (κ1) is 5.42. The highest BCUT2D eigenvalue weighted by atomic mass is 16.5. The van der Waals surface area contributed by atoms with E-state index in [0.717, 1.165) is 18.6 Å². The van der Waals surface area contributed by atoms with Gasteiger partial charge in [0.1, 0.15) is 0 Å². The third kappa shape index (κ3) is 1.12. The van der Waals surface area contributed by atoms with Gasteiger partial charge in [0.05, 0.1) is 12.0 Å². The largest absolute Gasteiger partial charge is 0.470 e. The van der Waals surface area contributed by atoms with Crippen LogP contribution in [0.2, 0.25) is 0 Å². The van der Waals surface area contributed by atoms with Crippen LogP contribution in [-0.4, -0.2) is 0 Å². The van der Waals surface area contributed by atoms with Crippen LogP contribution < -0.4 is 0 Å². The molecule has 1 aliphatic heterocycles. The Kier molecular flexibility index (Phi) is 1.73. The van der Waals surface area contributed by atoms with Crippen molar-refractivity contribution in [3.8, 4) is 0 Å². The topological polar surface area (TPSA) is 9.23 Å². The molecular formula is C7H10O. The van der Waals surface area contributed by atoms with E-state index in [-0.39, 0.29) is 0 Å². The van der Waals surface area contributed by atoms with Gasteiger partial charge in [0, 0.05) is 6.42 Å². The van der Waals surface area contributed by atoms with Gasteiger partial charge in [-0.1, -0.05) is 6.92 Å². The van der Waals surface area contributed by atoms with E-state index in [0.29, 0.717) is 0 Å². The molecule has 0 unspecified atom stereocenters. The minimum atomic E-state index is 1.00. The molecule has 0 aliphatic carbocycles. The van der Waals surface area contributed by atoms with Crippen molar-refractivity contribution in [2.24, 2.45) is 0 Å². The highest BCUT2D eigenvalue weighted by Gasteiger charge is 1.93. The number of rotatable bonds is 1. The van der Waals surface area contributed by atoms with Crippen LogP contribution in [0.4, 0.5) is 0 Å². The Balaban J connectivity index is 2.43. The van der Waals surface area contributed by atoms with Crippen molar-refractivity contribution in [1.29, 1.82) is 0 Å². The molecule has 0 atom stereocenters. The Morgan fingerprint density at radius 1 is 1.75 bits per heavy atom. The minimum absolute atomic E-state index is 1.00. The average molecular weight is 110 g/mol. The lowest BCUT2D eigenvalue weighted by atomic mass is 10.3. The highest BCUT2D eigenvalue weighted by molar-refractivity contribution is 5.02. The Morgan fingerprint density at radius 2 is 2.62 bits per heavy atom. The molecule has 0 N–H and O–H groups in total. The molecule has 8 heavy (non-hydrogen) atoms. The summed E-state index contributed by atoms with van der Waals surface area (Å²) in [5.74, 6) is 1.09. The summed E-state index contributed by atoms with van der Waals surface area (Å²) < 4.78 is 5.11. The van der Waals surface area contributed by atoms with E-state index >= 15 is 0 Å². The molecule has 0 saturated heterocycles. The number of hydrogen-bond acceptors (Lipinski definition) is 1. The number of allylic oxidation sites excluding steroid dienone is 3. The predicted molar refractivity (Wildman–Crippen MR) is 33.2 cm³/mol. The van der Waals surface area contributed by atoms with Gasteiger partial charge in [-0.25, -0.2) is 0 Å². The van der Waals surface area contributed by atoms with E-state index in [1.807, 2.05) is 6.08 Å². The zero-order chi connectivity index (χ0) is 5.82. The van der Waals surface area contributed by atoms with Crippen LogP contribution in [-0.2, 0) is 4.74 Å². The summed E-state index contributed by atoms with van der Waals surface area (Å²) in [6, 6.07) is 0. The zero-order valence-electron chi connectivity index (χ0n) is 5.05. The van der Waals surface area contributed by atoms with Gasteiger partial charge in [-0.05, 0) is 18.6 Å². The van der Waals surface area contributed by atoms with Crippen molar-refractivity contribution in [2.75, 3.05) is 0 Å². The first-order valence-electron chi connectivity index (χ1n) is 2.94. The maximum absolute atomic E-state index is 5.11. The summed E-state index contributed by atoms with van der Waals surface area (Å²) in [7, 11) is 0. The fraction of sp³-hybridized carbons (Fsp3) is 0.429. The van der Waals surface area contributed by atoms with Crippen LogP contribution in [0.25, 0.3) is 0 Å². The van der Waals surface area contributed by atoms with Gasteiger partial charge in [0.25, 0.3) is 0 Å². The molecule has 0 aromatic heterocycles. The second-order valence-corrected chi connectivity index (χ2v) is 1.75. The van der Waals surface area contributed by atoms with Crippen molar-refractivity contribution >= 4 is 0 Å². The molecule has 1 heterocycles. The van der Waals surface area contributed by atoms with E-state index in [4.69, 9.17) is 4.74 Å². The second-order valence-electron chi connectivity index (χ2n) is 1.75. The van der Waals surface area contributed by atoms with E-state index in [9.17, 15) is 0 Å². The summed E-state index contributed by atoms with van der Waals surface area (Å²) in [6.45, 7) is 2.09. The van der Waals surface area contributed by atoms with Gasteiger partial charge in [0.2, 0.25) is 0 Å². The molecule has 0 radical (unpaired) electrons. The van der Waals surface area contributed by atoms with E-state index in [1.165, 1.54) is 0 Å². The Labute approximate surface area is 49.7 Å². The molecule has 1 nitrogen and oxygen atoms in total. The predicted octanol–water partition coefficient (Wildman–Crippen LogP) is 2.21. The lowest BCUT2D eigenvalue weighted by Gasteiger charge is -2.05. The van der Waals surface area contributed by atoms with Crippen LogP contribution in [0.1, 0.15) is 19.8 Å². The molecular weight excluding hydrogens is 100 g/mol. The lowest BCUT2D eigenvalue weighted by molar-refractivity contribution is 0.329. The SMILES string of the molecule is CCC1=CCC=CO1. The summed E-state index contributed by atoms with van der Waals surface area (Å²) >= 11 is 0. The third-order valence-corrected chi connectivity index (χ3v) is 1.15. The van der Waals surface area contributed by atoms with Gasteiger partial charge < -0.3 is 4.74 Å². The Morgan fingerprint density at radius 3 is 3.00 bits per heavy atom. The van der Waals surface area contributed by atoms with E-state index < -0.39 is 0 Å². The molecule has 0 saturated carbocycles. The smallest absolute Gasteiger partial charge is 0.0992 e. The number of ether oxygens (including phenoxy) is 1. The van der Waals surface area contributed by atoms with Gasteiger partial charge >= 0.3 is 0 Å². The van der Waals surface area contributed by atoms with Crippen LogP contribution in [0, 0.1) is 0 Å². The van der Waals surface area contributed by atoms with E-state index in [2.05, 4.69) is 13.0 Å². The van der Waals surface area contributed by atoms with Crippen molar-refractivity contribution in [3.05, 3.63) is 24.2 Å². The summed E-state index contributed by atoms with van der Waals surface area (Å²) in [5, 5.41) is 0. The van der Waals surface area contributed by atoms with Crippen LogP contribution in [0.3, 0.4) is 0 Å². The van der Waals surface area contributed by atoms with Crippen LogP contribution in [0.5, 0.6) is 0 Å². The molecule has 0 bridgehead atoms. The Hall–Kier alpha value is -0.720. The molecule has 44 valence electrons. The summed E-state index contributed by atoms with van der Waals surface area (Å²) in [6.07, 6.45) is 7.88. The van der Waals surface area contributed by atoms with Crippen molar-refractivity contribution in [2.45, 2.75) is 19.8 Å². The normalized spacial score (nSPS) is 17.4. The lowest BCUT2D eigenvalue weighted by Crippen LogP contribution is -1.86. The first-order chi connectivity index (χ1) is 3.93. The molecule has 0 amide bonds. The van der Waals surface area contributed by atoms with Crippen molar-refractivity contribution < 1.29 is 4.74 Å². The quantitative estimate of drug-likeness (QED) is 0.503. The van der Waals surface area contributed by atoms with Gasteiger partial charge in [0.15, 0.2) is 0 Å². The molecule has 1 heteroatoms. The van der Waals surface area contributed by atoms with Crippen LogP contribution >= 0.6 is 0 Å². The zero-order valence-corrected chi connectivity index (χ0v) is 5.05. The Bertz CT molecular complexity index is 122. The maximum Gasteiger partial charge on any atom is 0.0992 e. The standard InChI is InChI=1S/C7H10O/c1-2-7-5-3-4-6-8-7/h4-6H,2-3H2,1H3. The van der Waals surface area contributed by atoms with Crippen molar-refractivity contribution in [3.63, 3.8) is 0 Å². The fourth-order valence-electron chi connectivity index (χ4n) is 0.666. The average Bonchev–Trinajstić information content (AvgIpc) is 1.90. The summed E-state index contributed by atoms with van der Waals surface area (Å²) in [4.78, 5) is 0. The van der Waals surface area contributed by atoms with Gasteiger partial charge in [-0.2, -0.15) is 0 Å². The molecule has 0 aromatic carbocycles. The maximum atomic E-state index is 5.11. The molecule has 0 aromatic rings. The summed E-state index contributed by atoms with van der Waals surface area (Å²) in [5.41, 5.74) is 0. The third-order valence-electron chi connectivity index (χ3n) is 1.15. The second kappa shape index (κ2) is 2.55. The molecule has 1 rings (SSSR count).